The molecule has 0 unspecified atom stereocenters. The molecular formula is C14H20N2O2S. The molecule has 5 heteroatoms. The summed E-state index contributed by atoms with van der Waals surface area (Å²) < 4.78 is 5.55. The third-order valence-corrected chi connectivity index (χ3v) is 2.46. The quantitative estimate of drug-likeness (QED) is 0.814. The minimum Gasteiger partial charge on any atom is -0.493 e. The van der Waals surface area contributed by atoms with Gasteiger partial charge in [0, 0.05) is 6.04 Å². The number of para-hydroxylation sites is 1. The van der Waals surface area contributed by atoms with Crippen LogP contribution in [0.3, 0.4) is 0 Å². The van der Waals surface area contributed by atoms with E-state index in [0.717, 1.165) is 6.42 Å². The number of ether oxygens (including phenoxy) is 1. The van der Waals surface area contributed by atoms with E-state index in [-0.39, 0.29) is 11.9 Å². The molecule has 19 heavy (non-hydrogen) atoms. The molecule has 0 saturated carbocycles. The molecule has 0 aliphatic carbocycles. The number of hydrogen-bond acceptors (Lipinski definition) is 3. The van der Waals surface area contributed by atoms with E-state index in [0.29, 0.717) is 23.0 Å². The summed E-state index contributed by atoms with van der Waals surface area (Å²) in [5.41, 5.74) is 0.490. The highest BCUT2D eigenvalue weighted by Crippen LogP contribution is 2.17. The largest absolute Gasteiger partial charge is 0.493 e. The van der Waals surface area contributed by atoms with Gasteiger partial charge in [0.25, 0.3) is 5.91 Å². The Labute approximate surface area is 119 Å². The van der Waals surface area contributed by atoms with Crippen molar-refractivity contribution in [2.75, 3.05) is 6.61 Å². The molecule has 0 aliphatic heterocycles. The first-order chi connectivity index (χ1) is 9.04. The molecule has 0 radical (unpaired) electrons. The smallest absolute Gasteiger partial charge is 0.261 e. The number of rotatable bonds is 5. The first kappa shape index (κ1) is 15.4. The van der Waals surface area contributed by atoms with E-state index in [1.807, 2.05) is 26.8 Å². The maximum absolute atomic E-state index is 12.1. The highest BCUT2D eigenvalue weighted by molar-refractivity contribution is 7.80. The van der Waals surface area contributed by atoms with E-state index in [2.05, 4.69) is 10.6 Å². The van der Waals surface area contributed by atoms with Gasteiger partial charge in [-0.25, -0.2) is 0 Å². The molecule has 104 valence electrons. The Hall–Kier alpha value is -1.62. The molecule has 0 aromatic heterocycles. The van der Waals surface area contributed by atoms with Crippen molar-refractivity contribution in [3.05, 3.63) is 29.8 Å². The van der Waals surface area contributed by atoms with Crippen LogP contribution >= 0.6 is 12.2 Å². The Morgan fingerprint density at radius 1 is 1.37 bits per heavy atom. The minimum atomic E-state index is -0.259. The van der Waals surface area contributed by atoms with Crippen molar-refractivity contribution < 1.29 is 9.53 Å². The zero-order valence-electron chi connectivity index (χ0n) is 11.5. The van der Waals surface area contributed by atoms with Crippen LogP contribution in [0.25, 0.3) is 0 Å². The highest BCUT2D eigenvalue weighted by atomic mass is 32.1. The Bertz CT molecular complexity index is 447. The monoisotopic (exact) mass is 280 g/mol. The number of amides is 1. The molecule has 1 rings (SSSR count). The second-order valence-corrected chi connectivity index (χ2v) is 4.84. The van der Waals surface area contributed by atoms with Crippen molar-refractivity contribution in [2.45, 2.75) is 33.2 Å². The molecular weight excluding hydrogens is 260 g/mol. The number of hydrogen-bond donors (Lipinski definition) is 2. The van der Waals surface area contributed by atoms with Crippen LogP contribution in [0.4, 0.5) is 0 Å². The summed E-state index contributed by atoms with van der Waals surface area (Å²) in [5.74, 6) is 0.319. The van der Waals surface area contributed by atoms with E-state index in [1.54, 1.807) is 18.2 Å². The number of carbonyl (C=O) groups excluding carboxylic acids is 1. The summed E-state index contributed by atoms with van der Waals surface area (Å²) in [7, 11) is 0. The molecule has 0 atom stereocenters. The van der Waals surface area contributed by atoms with Crippen molar-refractivity contribution >= 4 is 23.2 Å². The molecule has 1 aromatic carbocycles. The summed E-state index contributed by atoms with van der Waals surface area (Å²) in [4.78, 5) is 12.1. The van der Waals surface area contributed by atoms with Gasteiger partial charge in [-0.1, -0.05) is 19.1 Å². The molecule has 1 aromatic rings. The first-order valence-corrected chi connectivity index (χ1v) is 6.79. The molecule has 0 spiro atoms. The average molecular weight is 280 g/mol. The van der Waals surface area contributed by atoms with Crippen LogP contribution in [-0.4, -0.2) is 23.7 Å². The predicted octanol–water partition coefficient (Wildman–Crippen LogP) is 2.49. The third kappa shape index (κ3) is 5.26. The molecule has 0 heterocycles. The van der Waals surface area contributed by atoms with E-state index in [4.69, 9.17) is 17.0 Å². The van der Waals surface area contributed by atoms with Crippen LogP contribution in [0.5, 0.6) is 5.75 Å². The number of benzene rings is 1. The van der Waals surface area contributed by atoms with Crippen molar-refractivity contribution in [1.82, 2.24) is 10.6 Å². The molecule has 4 nitrogen and oxygen atoms in total. The second-order valence-electron chi connectivity index (χ2n) is 4.43. The lowest BCUT2D eigenvalue weighted by Crippen LogP contribution is -2.42. The zero-order chi connectivity index (χ0) is 14.3. The normalized spacial score (nSPS) is 10.1. The lowest BCUT2D eigenvalue weighted by Gasteiger charge is -2.14. The van der Waals surface area contributed by atoms with E-state index < -0.39 is 0 Å². The molecule has 0 aliphatic rings. The van der Waals surface area contributed by atoms with E-state index in [9.17, 15) is 4.79 Å². The maximum atomic E-state index is 12.1. The van der Waals surface area contributed by atoms with Gasteiger partial charge in [0.1, 0.15) is 5.75 Å². The van der Waals surface area contributed by atoms with Crippen molar-refractivity contribution in [2.24, 2.45) is 0 Å². The average Bonchev–Trinajstić information content (AvgIpc) is 2.35. The second kappa shape index (κ2) is 7.74. The van der Waals surface area contributed by atoms with Crippen LogP contribution in [-0.2, 0) is 0 Å². The standard InChI is InChI=1S/C14H20N2O2S/c1-4-9-18-12-8-6-5-7-11(12)13(17)16-14(19)15-10(2)3/h5-8,10H,4,9H2,1-3H3,(H2,15,16,17,19). The molecule has 0 saturated heterocycles. The van der Waals surface area contributed by atoms with Gasteiger partial charge in [0.15, 0.2) is 5.11 Å². The van der Waals surface area contributed by atoms with Crippen molar-refractivity contribution in [1.29, 1.82) is 0 Å². The van der Waals surface area contributed by atoms with Gasteiger partial charge in [-0.15, -0.1) is 0 Å². The topological polar surface area (TPSA) is 50.4 Å². The van der Waals surface area contributed by atoms with E-state index >= 15 is 0 Å². The number of carbonyl (C=O) groups is 1. The number of thiocarbonyl (C=S) groups is 1. The Kier molecular flexibility index (Phi) is 6.29. The fourth-order valence-corrected chi connectivity index (χ4v) is 1.79. The number of nitrogens with one attached hydrogen (secondary N) is 2. The van der Waals surface area contributed by atoms with Crippen LogP contribution in [0.1, 0.15) is 37.6 Å². The summed E-state index contributed by atoms with van der Waals surface area (Å²) in [6, 6.07) is 7.32. The van der Waals surface area contributed by atoms with Crippen LogP contribution < -0.4 is 15.4 Å². The molecule has 2 N–H and O–H groups in total. The fraction of sp³-hybridized carbons (Fsp3) is 0.429. The van der Waals surface area contributed by atoms with Crippen molar-refractivity contribution in [3.8, 4) is 5.75 Å². The zero-order valence-corrected chi connectivity index (χ0v) is 12.3. The van der Waals surface area contributed by atoms with Crippen LogP contribution in [0.2, 0.25) is 0 Å². The molecule has 1 amide bonds. The predicted molar refractivity (Wildman–Crippen MR) is 80.6 cm³/mol. The van der Waals surface area contributed by atoms with Crippen molar-refractivity contribution in [3.63, 3.8) is 0 Å². The van der Waals surface area contributed by atoms with Gasteiger partial charge in [0.2, 0.25) is 0 Å². The van der Waals surface area contributed by atoms with Gasteiger partial charge < -0.3 is 10.1 Å². The lowest BCUT2D eigenvalue weighted by molar-refractivity contribution is 0.0972. The SMILES string of the molecule is CCCOc1ccccc1C(=O)NC(=S)NC(C)C. The highest BCUT2D eigenvalue weighted by Gasteiger charge is 2.13. The van der Waals surface area contributed by atoms with Gasteiger partial charge in [0.05, 0.1) is 12.2 Å². The minimum absolute atomic E-state index is 0.180. The summed E-state index contributed by atoms with van der Waals surface area (Å²) >= 11 is 5.05. The summed E-state index contributed by atoms with van der Waals surface area (Å²) in [6.07, 6.45) is 0.892. The summed E-state index contributed by atoms with van der Waals surface area (Å²) in [5, 5.41) is 5.93. The third-order valence-electron chi connectivity index (χ3n) is 2.24. The molecule has 0 bridgehead atoms. The Balaban J connectivity index is 2.73. The van der Waals surface area contributed by atoms with Gasteiger partial charge in [-0.05, 0) is 44.6 Å². The van der Waals surface area contributed by atoms with E-state index in [1.165, 1.54) is 0 Å². The first-order valence-electron chi connectivity index (χ1n) is 6.38. The van der Waals surface area contributed by atoms with Gasteiger partial charge in [-0.2, -0.15) is 0 Å². The maximum Gasteiger partial charge on any atom is 0.261 e. The fourth-order valence-electron chi connectivity index (χ4n) is 1.46. The Morgan fingerprint density at radius 2 is 2.05 bits per heavy atom. The van der Waals surface area contributed by atoms with Crippen LogP contribution in [0, 0.1) is 0 Å². The van der Waals surface area contributed by atoms with Crippen LogP contribution in [0.15, 0.2) is 24.3 Å². The molecule has 0 fully saturated rings. The lowest BCUT2D eigenvalue weighted by atomic mass is 10.2. The van der Waals surface area contributed by atoms with Gasteiger partial charge >= 0.3 is 0 Å². The Morgan fingerprint density at radius 3 is 2.68 bits per heavy atom. The van der Waals surface area contributed by atoms with Gasteiger partial charge in [-0.3, -0.25) is 10.1 Å². The summed E-state index contributed by atoms with van der Waals surface area (Å²) in [6.45, 7) is 6.51.